The lowest BCUT2D eigenvalue weighted by Gasteiger charge is -2.26. The molecule has 1 atom stereocenters. The van der Waals surface area contributed by atoms with Gasteiger partial charge in [-0.15, -0.1) is 0 Å². The number of nitrogens with two attached hydrogens (primary N) is 1. The summed E-state index contributed by atoms with van der Waals surface area (Å²) in [5, 5.41) is 11.3. The van der Waals surface area contributed by atoms with E-state index in [2.05, 4.69) is 5.32 Å². The van der Waals surface area contributed by atoms with E-state index in [1.54, 1.807) is 13.8 Å². The average Bonchev–Trinajstić information content (AvgIpc) is 2.10. The highest BCUT2D eigenvalue weighted by molar-refractivity contribution is 5.82. The van der Waals surface area contributed by atoms with E-state index in [1.807, 2.05) is 6.92 Å². The third-order valence-electron chi connectivity index (χ3n) is 2.26. The van der Waals surface area contributed by atoms with Crippen LogP contribution in [0.1, 0.15) is 46.5 Å². The van der Waals surface area contributed by atoms with Gasteiger partial charge < -0.3 is 16.2 Å². The average molecular weight is 230 g/mol. The number of carbonyl (C=O) groups is 2. The van der Waals surface area contributed by atoms with Gasteiger partial charge in [-0.2, -0.15) is 0 Å². The van der Waals surface area contributed by atoms with Crippen molar-refractivity contribution < 1.29 is 14.7 Å². The molecular weight excluding hydrogens is 208 g/mol. The summed E-state index contributed by atoms with van der Waals surface area (Å²) in [5.74, 6) is -1.22. The van der Waals surface area contributed by atoms with Crippen LogP contribution in [0.15, 0.2) is 0 Å². The topological polar surface area (TPSA) is 92.4 Å². The normalized spacial score (nSPS) is 13.2. The number of carbonyl (C=O) groups excluding carboxylic acids is 1. The number of hydrogen-bond acceptors (Lipinski definition) is 3. The third-order valence-corrected chi connectivity index (χ3v) is 2.26. The lowest BCUT2D eigenvalue weighted by molar-refractivity contribution is -0.138. The summed E-state index contributed by atoms with van der Waals surface area (Å²) in [6.07, 6.45) is 2.40. The molecule has 0 saturated heterocycles. The number of hydrogen-bond donors (Lipinski definition) is 3. The molecule has 0 unspecified atom stereocenters. The van der Waals surface area contributed by atoms with E-state index in [1.165, 1.54) is 0 Å². The van der Waals surface area contributed by atoms with Crippen molar-refractivity contribution in [3.63, 3.8) is 0 Å². The van der Waals surface area contributed by atoms with Crippen molar-refractivity contribution in [3.8, 4) is 0 Å². The SMILES string of the molecule is CCCC[C@H](N)C(=O)NC(C)(C)CC(=O)O. The van der Waals surface area contributed by atoms with Crippen LogP contribution in [0.3, 0.4) is 0 Å². The zero-order valence-electron chi connectivity index (χ0n) is 10.2. The number of rotatable bonds is 7. The molecule has 0 spiro atoms. The molecule has 0 bridgehead atoms. The molecule has 16 heavy (non-hydrogen) atoms. The molecule has 94 valence electrons. The molecule has 5 heteroatoms. The Bertz CT molecular complexity index is 252. The lowest BCUT2D eigenvalue weighted by Crippen LogP contribution is -2.51. The van der Waals surface area contributed by atoms with Crippen molar-refractivity contribution in [1.82, 2.24) is 5.32 Å². The minimum atomic E-state index is -0.938. The Morgan fingerprint density at radius 3 is 2.44 bits per heavy atom. The number of carboxylic acid groups (broad SMARTS) is 1. The number of amides is 1. The van der Waals surface area contributed by atoms with E-state index in [0.29, 0.717) is 6.42 Å². The fourth-order valence-corrected chi connectivity index (χ4v) is 1.40. The van der Waals surface area contributed by atoms with Gasteiger partial charge in [0.05, 0.1) is 12.5 Å². The molecule has 0 aromatic heterocycles. The smallest absolute Gasteiger partial charge is 0.305 e. The van der Waals surface area contributed by atoms with Gasteiger partial charge in [0.25, 0.3) is 0 Å². The van der Waals surface area contributed by atoms with Gasteiger partial charge in [-0.25, -0.2) is 0 Å². The Morgan fingerprint density at radius 1 is 1.44 bits per heavy atom. The number of aliphatic carboxylic acids is 1. The van der Waals surface area contributed by atoms with Gasteiger partial charge in [-0.3, -0.25) is 9.59 Å². The molecule has 0 rings (SSSR count). The quantitative estimate of drug-likeness (QED) is 0.605. The standard InChI is InChI=1S/C11H22N2O3/c1-4-5-6-8(12)10(16)13-11(2,3)7-9(14)15/h8H,4-7,12H2,1-3H3,(H,13,16)(H,14,15)/t8-/m0/s1. The van der Waals surface area contributed by atoms with Crippen LogP contribution in [-0.2, 0) is 9.59 Å². The zero-order chi connectivity index (χ0) is 12.8. The Kier molecular flexibility index (Phi) is 6.03. The monoisotopic (exact) mass is 230 g/mol. The zero-order valence-corrected chi connectivity index (χ0v) is 10.2. The van der Waals surface area contributed by atoms with Crippen LogP contribution in [0.25, 0.3) is 0 Å². The summed E-state index contributed by atoms with van der Waals surface area (Å²) in [6.45, 7) is 5.37. The highest BCUT2D eigenvalue weighted by Crippen LogP contribution is 2.09. The largest absolute Gasteiger partial charge is 0.481 e. The molecule has 0 aromatic rings. The second-order valence-corrected chi connectivity index (χ2v) is 4.69. The molecule has 0 saturated carbocycles. The van der Waals surface area contributed by atoms with Crippen LogP contribution in [0.2, 0.25) is 0 Å². The Morgan fingerprint density at radius 2 is 2.00 bits per heavy atom. The van der Waals surface area contributed by atoms with Gasteiger partial charge in [-0.1, -0.05) is 19.8 Å². The molecule has 0 aliphatic heterocycles. The lowest BCUT2D eigenvalue weighted by atomic mass is 9.99. The molecule has 5 nitrogen and oxygen atoms in total. The molecule has 0 heterocycles. The molecule has 1 amide bonds. The van der Waals surface area contributed by atoms with E-state index in [0.717, 1.165) is 12.8 Å². The highest BCUT2D eigenvalue weighted by Gasteiger charge is 2.25. The summed E-state index contributed by atoms with van der Waals surface area (Å²) in [6, 6.07) is -0.548. The van der Waals surface area contributed by atoms with Crippen molar-refractivity contribution in [2.45, 2.75) is 58.0 Å². The minimum absolute atomic E-state index is 0.112. The minimum Gasteiger partial charge on any atom is -0.481 e. The van der Waals surface area contributed by atoms with Gasteiger partial charge in [0.1, 0.15) is 0 Å². The highest BCUT2D eigenvalue weighted by atomic mass is 16.4. The molecule has 4 N–H and O–H groups in total. The molecular formula is C11H22N2O3. The first-order valence-electron chi connectivity index (χ1n) is 5.58. The number of unbranched alkanes of at least 4 members (excludes halogenated alkanes) is 1. The molecule has 0 aliphatic carbocycles. The molecule has 0 fully saturated rings. The maximum Gasteiger partial charge on any atom is 0.305 e. The first kappa shape index (κ1) is 14.9. The Hall–Kier alpha value is -1.10. The van der Waals surface area contributed by atoms with Crippen molar-refractivity contribution >= 4 is 11.9 Å². The van der Waals surface area contributed by atoms with E-state index in [4.69, 9.17) is 10.8 Å². The third kappa shape index (κ3) is 6.40. The van der Waals surface area contributed by atoms with Gasteiger partial charge in [-0.05, 0) is 20.3 Å². The van der Waals surface area contributed by atoms with Crippen molar-refractivity contribution in [3.05, 3.63) is 0 Å². The van der Waals surface area contributed by atoms with Gasteiger partial charge >= 0.3 is 5.97 Å². The van der Waals surface area contributed by atoms with Gasteiger partial charge in [0, 0.05) is 5.54 Å². The van der Waals surface area contributed by atoms with Crippen LogP contribution in [0.4, 0.5) is 0 Å². The summed E-state index contributed by atoms with van der Waals surface area (Å²) < 4.78 is 0. The summed E-state index contributed by atoms with van der Waals surface area (Å²) >= 11 is 0. The van der Waals surface area contributed by atoms with E-state index >= 15 is 0 Å². The fraction of sp³-hybridized carbons (Fsp3) is 0.818. The summed E-state index contributed by atoms with van der Waals surface area (Å²) in [7, 11) is 0. The van der Waals surface area contributed by atoms with Crippen LogP contribution < -0.4 is 11.1 Å². The second-order valence-electron chi connectivity index (χ2n) is 4.69. The second kappa shape index (κ2) is 6.48. The van der Waals surface area contributed by atoms with Crippen LogP contribution >= 0.6 is 0 Å². The fourth-order valence-electron chi connectivity index (χ4n) is 1.40. The molecule has 0 radical (unpaired) electrons. The molecule has 0 aliphatic rings. The van der Waals surface area contributed by atoms with E-state index in [-0.39, 0.29) is 12.3 Å². The number of nitrogens with one attached hydrogen (secondary N) is 1. The summed E-state index contributed by atoms with van der Waals surface area (Å²) in [4.78, 5) is 22.2. The number of carboxylic acids is 1. The molecule has 0 aromatic carbocycles. The Balaban J connectivity index is 4.15. The first-order valence-corrected chi connectivity index (χ1v) is 5.58. The maximum absolute atomic E-state index is 11.6. The predicted octanol–water partition coefficient (Wildman–Crippen LogP) is 0.873. The van der Waals surface area contributed by atoms with Crippen LogP contribution in [0.5, 0.6) is 0 Å². The van der Waals surface area contributed by atoms with Crippen LogP contribution in [0, 0.1) is 0 Å². The maximum atomic E-state index is 11.6. The summed E-state index contributed by atoms with van der Waals surface area (Å²) in [5.41, 5.74) is 4.92. The van der Waals surface area contributed by atoms with Crippen LogP contribution in [-0.4, -0.2) is 28.6 Å². The van der Waals surface area contributed by atoms with Gasteiger partial charge in [0.15, 0.2) is 0 Å². The van der Waals surface area contributed by atoms with E-state index in [9.17, 15) is 9.59 Å². The predicted molar refractivity (Wildman–Crippen MR) is 62.0 cm³/mol. The van der Waals surface area contributed by atoms with Crippen molar-refractivity contribution in [2.75, 3.05) is 0 Å². The van der Waals surface area contributed by atoms with Crippen molar-refractivity contribution in [2.24, 2.45) is 5.73 Å². The Labute approximate surface area is 96.4 Å². The van der Waals surface area contributed by atoms with Gasteiger partial charge in [0.2, 0.25) is 5.91 Å². The van der Waals surface area contributed by atoms with E-state index < -0.39 is 17.6 Å². The van der Waals surface area contributed by atoms with Crippen molar-refractivity contribution in [1.29, 1.82) is 0 Å². The first-order chi connectivity index (χ1) is 7.28.